The van der Waals surface area contributed by atoms with Crippen LogP contribution in [0, 0.1) is 0 Å². The number of hydrogen-bond acceptors (Lipinski definition) is 5. The van der Waals surface area contributed by atoms with Gasteiger partial charge in [0.05, 0.1) is 0 Å². The fourth-order valence-electron chi connectivity index (χ4n) is 5.82. The van der Waals surface area contributed by atoms with Gasteiger partial charge in [0.25, 0.3) is 0 Å². The van der Waals surface area contributed by atoms with Crippen LogP contribution in [0.4, 0.5) is 0 Å². The first kappa shape index (κ1) is 48.0. The van der Waals surface area contributed by atoms with Crippen LogP contribution >= 0.6 is 17.0 Å². The third-order valence-corrected chi connectivity index (χ3v) is 8.77. The van der Waals surface area contributed by atoms with Gasteiger partial charge in [-0.1, -0.05) is 141 Å². The molecule has 0 radical (unpaired) electrons. The molecule has 0 aliphatic rings. The molecule has 0 saturated heterocycles. The first-order chi connectivity index (χ1) is 22.4. The number of rotatable bonds is 34. The van der Waals surface area contributed by atoms with E-state index in [2.05, 4.69) is 38.2 Å². The Kier molecular flexibility index (Phi) is 38.5. The number of hydrogen-bond donors (Lipinski definition) is 0. The molecule has 0 aliphatic heterocycles. The Balaban J connectivity index is 0. The summed E-state index contributed by atoms with van der Waals surface area (Å²) in [5.74, 6) is -0.415. The van der Waals surface area contributed by atoms with Crippen LogP contribution < -0.4 is 0 Å². The molecule has 278 valence electrons. The van der Waals surface area contributed by atoms with Crippen LogP contribution in [-0.2, 0) is 19.1 Å². The number of esters is 2. The number of ether oxygens (including phenoxy) is 2. The quantitative estimate of drug-likeness (QED) is 0.0286. The van der Waals surface area contributed by atoms with Crippen molar-refractivity contribution in [3.63, 3.8) is 0 Å². The van der Waals surface area contributed by atoms with Crippen LogP contribution in [0.3, 0.4) is 0 Å². The average Bonchev–Trinajstić information content (AvgIpc) is 3.03. The van der Waals surface area contributed by atoms with E-state index in [1.165, 1.54) is 116 Å². The number of carbonyl (C=O) groups excluding carboxylic acids is 2. The van der Waals surface area contributed by atoms with Crippen molar-refractivity contribution in [2.75, 3.05) is 14.1 Å². The Bertz CT molecular complexity index is 739. The van der Waals surface area contributed by atoms with Crippen molar-refractivity contribution >= 4 is 28.9 Å². The number of halogens is 1. The third-order valence-electron chi connectivity index (χ3n) is 8.77. The van der Waals surface area contributed by atoms with Crippen molar-refractivity contribution in [1.29, 1.82) is 0 Å². The van der Waals surface area contributed by atoms with Gasteiger partial charge in [-0.3, -0.25) is 14.5 Å². The molecule has 0 bridgehead atoms. The van der Waals surface area contributed by atoms with Crippen LogP contribution in [0.2, 0.25) is 0 Å². The van der Waals surface area contributed by atoms with Gasteiger partial charge in [-0.2, -0.15) is 0 Å². The SMILES string of the molecule is Br.CCCCCCCC/C=C\CCCCCCCC(=O)OC(C)C(OC(=O)CCCCCCC/C=C\CCCCCCCC)N(C)C. The molecule has 0 heterocycles. The summed E-state index contributed by atoms with van der Waals surface area (Å²) in [7, 11) is 3.71. The average molecular weight is 729 g/mol. The molecule has 5 nitrogen and oxygen atoms in total. The Morgan fingerprint density at radius 2 is 0.787 bits per heavy atom. The summed E-state index contributed by atoms with van der Waals surface area (Å²) < 4.78 is 11.4. The molecule has 0 aliphatic carbocycles. The molecule has 0 amide bonds. The highest BCUT2D eigenvalue weighted by molar-refractivity contribution is 8.93. The highest BCUT2D eigenvalue weighted by Gasteiger charge is 2.26. The molecule has 0 saturated carbocycles. The maximum absolute atomic E-state index is 12.5. The lowest BCUT2D eigenvalue weighted by atomic mass is 10.1. The Labute approximate surface area is 303 Å². The van der Waals surface area contributed by atoms with Gasteiger partial charge in [0.2, 0.25) is 0 Å². The molecule has 0 aromatic rings. The van der Waals surface area contributed by atoms with Crippen LogP contribution in [0.25, 0.3) is 0 Å². The maximum atomic E-state index is 12.5. The first-order valence-corrected chi connectivity index (χ1v) is 19.8. The van der Waals surface area contributed by atoms with Crippen molar-refractivity contribution in [2.24, 2.45) is 0 Å². The highest BCUT2D eigenvalue weighted by Crippen LogP contribution is 2.15. The monoisotopic (exact) mass is 728 g/mol. The summed E-state index contributed by atoms with van der Waals surface area (Å²) in [5, 5.41) is 0. The van der Waals surface area contributed by atoms with Gasteiger partial charge in [0, 0.05) is 12.8 Å². The second-order valence-corrected chi connectivity index (χ2v) is 13.7. The fraction of sp³-hybridized carbons (Fsp3) is 0.854. The maximum Gasteiger partial charge on any atom is 0.307 e. The molecule has 0 aromatic carbocycles. The van der Waals surface area contributed by atoms with Gasteiger partial charge >= 0.3 is 11.9 Å². The Morgan fingerprint density at radius 1 is 0.489 bits per heavy atom. The number of nitrogens with zero attached hydrogens (tertiary/aromatic N) is 1. The van der Waals surface area contributed by atoms with Crippen LogP contribution in [0.5, 0.6) is 0 Å². The molecular formula is C41H78BrNO4. The van der Waals surface area contributed by atoms with E-state index >= 15 is 0 Å². The molecule has 2 unspecified atom stereocenters. The second kappa shape index (κ2) is 37.7. The summed E-state index contributed by atoms with van der Waals surface area (Å²) in [6.07, 6.45) is 41.2. The van der Waals surface area contributed by atoms with Gasteiger partial charge in [0.15, 0.2) is 6.23 Å². The zero-order valence-corrected chi connectivity index (χ0v) is 33.5. The predicted molar refractivity (Wildman–Crippen MR) is 208 cm³/mol. The molecule has 2 atom stereocenters. The Morgan fingerprint density at radius 3 is 1.13 bits per heavy atom. The van der Waals surface area contributed by atoms with Gasteiger partial charge in [-0.25, -0.2) is 0 Å². The smallest absolute Gasteiger partial charge is 0.307 e. The minimum absolute atomic E-state index is 0. The minimum Gasteiger partial charge on any atom is -0.457 e. The molecule has 0 fully saturated rings. The lowest BCUT2D eigenvalue weighted by molar-refractivity contribution is -0.179. The van der Waals surface area contributed by atoms with Crippen molar-refractivity contribution in [3.8, 4) is 0 Å². The van der Waals surface area contributed by atoms with Crippen molar-refractivity contribution in [2.45, 2.75) is 213 Å². The number of likely N-dealkylation sites (N-methyl/N-ethyl adjacent to an activating group) is 1. The summed E-state index contributed by atoms with van der Waals surface area (Å²) in [6.45, 7) is 6.35. The summed E-state index contributed by atoms with van der Waals surface area (Å²) in [5.41, 5.74) is 0. The number of unbranched alkanes of at least 4 members (excludes halogenated alkanes) is 22. The van der Waals surface area contributed by atoms with Gasteiger partial charge in [0.1, 0.15) is 6.10 Å². The summed E-state index contributed by atoms with van der Waals surface area (Å²) in [4.78, 5) is 26.8. The van der Waals surface area contributed by atoms with E-state index in [-0.39, 0.29) is 28.9 Å². The van der Waals surface area contributed by atoms with E-state index in [0.29, 0.717) is 12.8 Å². The molecular weight excluding hydrogens is 650 g/mol. The molecule has 47 heavy (non-hydrogen) atoms. The van der Waals surface area contributed by atoms with E-state index in [1.54, 1.807) is 0 Å². The van der Waals surface area contributed by atoms with Crippen LogP contribution in [0.1, 0.15) is 201 Å². The van der Waals surface area contributed by atoms with Gasteiger partial charge in [-0.05, 0) is 85.2 Å². The van der Waals surface area contributed by atoms with E-state index in [1.807, 2.05) is 25.9 Å². The van der Waals surface area contributed by atoms with Crippen molar-refractivity contribution in [3.05, 3.63) is 24.3 Å². The predicted octanol–water partition coefficient (Wildman–Crippen LogP) is 13.0. The standard InChI is InChI=1S/C41H77NO4.BrH/c1-6-8-10-12-14-16-18-20-22-24-26-28-30-32-34-36-39(43)45-38(3)41(42(4)5)46-40(44)37-35-33-31-29-27-25-23-21-19-17-15-13-11-9-7-2;/h20-23,38,41H,6-19,24-37H2,1-5H3;1H/b22-20-,23-21-;. The molecule has 0 rings (SSSR count). The first-order valence-electron chi connectivity index (χ1n) is 19.8. The molecule has 0 N–H and O–H groups in total. The van der Waals surface area contributed by atoms with Crippen LogP contribution in [-0.4, -0.2) is 43.3 Å². The lowest BCUT2D eigenvalue weighted by Gasteiger charge is -2.29. The zero-order chi connectivity index (χ0) is 33.9. The van der Waals surface area contributed by atoms with E-state index < -0.39 is 12.3 Å². The molecule has 6 heteroatoms. The summed E-state index contributed by atoms with van der Waals surface area (Å²) >= 11 is 0. The summed E-state index contributed by atoms with van der Waals surface area (Å²) in [6, 6.07) is 0. The third kappa shape index (κ3) is 34.5. The van der Waals surface area contributed by atoms with E-state index in [9.17, 15) is 9.59 Å². The fourth-order valence-corrected chi connectivity index (χ4v) is 5.82. The highest BCUT2D eigenvalue weighted by atomic mass is 79.9. The van der Waals surface area contributed by atoms with Crippen molar-refractivity contribution < 1.29 is 19.1 Å². The number of allylic oxidation sites excluding steroid dienone is 4. The van der Waals surface area contributed by atoms with E-state index in [4.69, 9.17) is 9.47 Å². The van der Waals surface area contributed by atoms with Gasteiger partial charge < -0.3 is 9.47 Å². The number of carbonyl (C=O) groups is 2. The van der Waals surface area contributed by atoms with Crippen molar-refractivity contribution in [1.82, 2.24) is 4.90 Å². The lowest BCUT2D eigenvalue weighted by Crippen LogP contribution is -2.43. The van der Waals surface area contributed by atoms with Gasteiger partial charge in [-0.15, -0.1) is 17.0 Å². The molecule has 0 spiro atoms. The molecule has 0 aromatic heterocycles. The second-order valence-electron chi connectivity index (χ2n) is 13.7. The van der Waals surface area contributed by atoms with E-state index in [0.717, 1.165) is 51.4 Å². The normalized spacial score (nSPS) is 12.9. The topological polar surface area (TPSA) is 55.8 Å². The van der Waals surface area contributed by atoms with Crippen LogP contribution in [0.15, 0.2) is 24.3 Å². The Hall–Kier alpha value is -1.14. The zero-order valence-electron chi connectivity index (χ0n) is 31.8. The minimum atomic E-state index is -0.561. The largest absolute Gasteiger partial charge is 0.457 e.